The Labute approximate surface area is 119 Å². The van der Waals surface area contributed by atoms with E-state index in [0.29, 0.717) is 18.2 Å². The second-order valence-corrected chi connectivity index (χ2v) is 5.24. The highest BCUT2D eigenvalue weighted by Gasteiger charge is 2.12. The van der Waals surface area contributed by atoms with Crippen molar-refractivity contribution < 1.29 is 4.79 Å². The number of pyridine rings is 1. The van der Waals surface area contributed by atoms with Crippen molar-refractivity contribution in [1.29, 1.82) is 0 Å². The Balaban J connectivity index is 2.54. The lowest BCUT2D eigenvalue weighted by atomic mass is 10.2. The van der Waals surface area contributed by atoms with Crippen LogP contribution in [0.15, 0.2) is 18.3 Å². The first-order valence-corrected chi connectivity index (χ1v) is 6.61. The molecule has 0 spiro atoms. The van der Waals surface area contributed by atoms with Gasteiger partial charge in [-0.2, -0.15) is 0 Å². The smallest absolute Gasteiger partial charge is 0.242 e. The van der Waals surface area contributed by atoms with Gasteiger partial charge in [0.2, 0.25) is 5.91 Å². The molecule has 0 radical (unpaired) electrons. The molecule has 1 amide bonds. The summed E-state index contributed by atoms with van der Waals surface area (Å²) in [5.74, 6) is 0.398. The van der Waals surface area contributed by atoms with Crippen LogP contribution in [0.5, 0.6) is 0 Å². The molecule has 1 heterocycles. The third-order valence-corrected chi connectivity index (χ3v) is 2.69. The number of nitrogens with zero attached hydrogens (tertiary/aromatic N) is 1. The molecule has 0 aliphatic heterocycles. The number of thiocarbonyl (C=S) groups is 1. The fourth-order valence-electron chi connectivity index (χ4n) is 1.40. The molecule has 0 bridgehead atoms. The van der Waals surface area contributed by atoms with Crippen molar-refractivity contribution in [3.63, 3.8) is 0 Å². The molecule has 6 heteroatoms. The van der Waals surface area contributed by atoms with Gasteiger partial charge in [-0.3, -0.25) is 9.78 Å². The maximum absolute atomic E-state index is 11.8. The molecule has 1 unspecified atom stereocenters. The van der Waals surface area contributed by atoms with E-state index in [1.165, 1.54) is 0 Å². The molecule has 0 saturated heterocycles. The lowest BCUT2D eigenvalue weighted by Crippen LogP contribution is -2.39. The fourth-order valence-corrected chi connectivity index (χ4v) is 1.52. The third kappa shape index (κ3) is 5.21. The van der Waals surface area contributed by atoms with Crippen LogP contribution in [0, 0.1) is 5.92 Å². The molecular weight excluding hydrogens is 260 g/mol. The summed E-state index contributed by atoms with van der Waals surface area (Å²) in [6, 6.07) is 3.20. The number of hydrogen-bond acceptors (Lipinski definition) is 4. The molecule has 4 N–H and O–H groups in total. The van der Waals surface area contributed by atoms with Crippen LogP contribution in [0.1, 0.15) is 26.5 Å². The Hall–Kier alpha value is -1.69. The largest absolute Gasteiger partial charge is 0.388 e. The van der Waals surface area contributed by atoms with Crippen LogP contribution in [-0.4, -0.2) is 28.5 Å². The summed E-state index contributed by atoms with van der Waals surface area (Å²) in [6.07, 6.45) is 1.61. The number of anilines is 1. The second kappa shape index (κ2) is 7.04. The molecule has 5 nitrogen and oxygen atoms in total. The summed E-state index contributed by atoms with van der Waals surface area (Å²) >= 11 is 4.82. The van der Waals surface area contributed by atoms with E-state index in [1.54, 1.807) is 25.3 Å². The number of nitrogens with two attached hydrogens (primary N) is 1. The first kappa shape index (κ1) is 15.4. The summed E-state index contributed by atoms with van der Waals surface area (Å²) in [5, 5.41) is 5.94. The van der Waals surface area contributed by atoms with Crippen molar-refractivity contribution in [1.82, 2.24) is 10.3 Å². The van der Waals surface area contributed by atoms with Gasteiger partial charge in [-0.25, -0.2) is 0 Å². The van der Waals surface area contributed by atoms with Crippen LogP contribution in [0.3, 0.4) is 0 Å². The van der Waals surface area contributed by atoms with Crippen LogP contribution in [0.25, 0.3) is 0 Å². The van der Waals surface area contributed by atoms with E-state index in [9.17, 15) is 4.79 Å². The van der Waals surface area contributed by atoms with Crippen molar-refractivity contribution >= 4 is 28.8 Å². The second-order valence-electron chi connectivity index (χ2n) is 4.80. The summed E-state index contributed by atoms with van der Waals surface area (Å²) in [5.41, 5.74) is 6.79. The standard InChI is InChI=1S/C13H20N4OS/c1-8(2)6-16-13(18)9(3)17-10-4-5-11(12(14)19)15-7-10/h4-5,7-9,17H,6H2,1-3H3,(H2,14,19)(H,16,18). The summed E-state index contributed by atoms with van der Waals surface area (Å²) < 4.78 is 0. The van der Waals surface area contributed by atoms with Crippen molar-refractivity contribution in [3.05, 3.63) is 24.0 Å². The number of amides is 1. The van der Waals surface area contributed by atoms with Gasteiger partial charge < -0.3 is 16.4 Å². The van der Waals surface area contributed by atoms with Gasteiger partial charge in [-0.15, -0.1) is 0 Å². The van der Waals surface area contributed by atoms with Gasteiger partial charge in [0.15, 0.2) is 0 Å². The van der Waals surface area contributed by atoms with Crippen LogP contribution in [0.4, 0.5) is 5.69 Å². The maximum Gasteiger partial charge on any atom is 0.242 e. The zero-order valence-corrected chi connectivity index (χ0v) is 12.3. The Morgan fingerprint density at radius 3 is 2.58 bits per heavy atom. The number of hydrogen-bond donors (Lipinski definition) is 3. The van der Waals surface area contributed by atoms with E-state index in [-0.39, 0.29) is 16.9 Å². The van der Waals surface area contributed by atoms with Crippen LogP contribution >= 0.6 is 12.2 Å². The number of nitrogens with one attached hydrogen (secondary N) is 2. The van der Waals surface area contributed by atoms with E-state index < -0.39 is 0 Å². The number of aromatic nitrogens is 1. The first-order chi connectivity index (χ1) is 8.90. The topological polar surface area (TPSA) is 80.0 Å². The lowest BCUT2D eigenvalue weighted by molar-refractivity contribution is -0.121. The van der Waals surface area contributed by atoms with Crippen LogP contribution in [0.2, 0.25) is 0 Å². The lowest BCUT2D eigenvalue weighted by Gasteiger charge is -2.16. The fraction of sp³-hybridized carbons (Fsp3) is 0.462. The SMILES string of the molecule is CC(C)CNC(=O)C(C)Nc1ccc(C(N)=S)nc1. The molecular formula is C13H20N4OS. The molecule has 1 rings (SSSR count). The van der Waals surface area contributed by atoms with Gasteiger partial charge in [-0.05, 0) is 25.0 Å². The molecule has 0 fully saturated rings. The van der Waals surface area contributed by atoms with Crippen LogP contribution < -0.4 is 16.4 Å². The molecule has 0 aromatic carbocycles. The average Bonchev–Trinajstić information content (AvgIpc) is 2.36. The van der Waals surface area contributed by atoms with Gasteiger partial charge in [0.1, 0.15) is 11.0 Å². The van der Waals surface area contributed by atoms with E-state index in [2.05, 4.69) is 29.5 Å². The van der Waals surface area contributed by atoms with E-state index in [1.807, 2.05) is 0 Å². The molecule has 0 saturated carbocycles. The van der Waals surface area contributed by atoms with Gasteiger partial charge in [0, 0.05) is 6.54 Å². The predicted molar refractivity (Wildman–Crippen MR) is 81.1 cm³/mol. The average molecular weight is 280 g/mol. The minimum atomic E-state index is -0.323. The Morgan fingerprint density at radius 2 is 2.11 bits per heavy atom. The van der Waals surface area contributed by atoms with Crippen molar-refractivity contribution in [2.45, 2.75) is 26.8 Å². The maximum atomic E-state index is 11.8. The quantitative estimate of drug-likeness (QED) is 0.684. The van der Waals surface area contributed by atoms with E-state index in [0.717, 1.165) is 5.69 Å². The number of carbonyl (C=O) groups is 1. The van der Waals surface area contributed by atoms with Gasteiger partial charge >= 0.3 is 0 Å². The van der Waals surface area contributed by atoms with Gasteiger partial charge in [-0.1, -0.05) is 26.1 Å². The zero-order chi connectivity index (χ0) is 14.4. The van der Waals surface area contributed by atoms with Crippen molar-refractivity contribution in [2.24, 2.45) is 11.7 Å². The highest BCUT2D eigenvalue weighted by atomic mass is 32.1. The summed E-state index contributed by atoms with van der Waals surface area (Å²) in [6.45, 7) is 6.58. The zero-order valence-electron chi connectivity index (χ0n) is 11.4. The summed E-state index contributed by atoms with van der Waals surface area (Å²) in [7, 11) is 0. The number of carbonyl (C=O) groups excluding carboxylic acids is 1. The van der Waals surface area contributed by atoms with Crippen molar-refractivity contribution in [2.75, 3.05) is 11.9 Å². The third-order valence-electron chi connectivity index (χ3n) is 2.48. The monoisotopic (exact) mass is 280 g/mol. The van der Waals surface area contributed by atoms with Gasteiger partial charge in [0.25, 0.3) is 0 Å². The molecule has 1 aromatic rings. The Morgan fingerprint density at radius 1 is 1.42 bits per heavy atom. The first-order valence-electron chi connectivity index (χ1n) is 6.20. The molecule has 1 aromatic heterocycles. The minimum Gasteiger partial charge on any atom is -0.388 e. The molecule has 0 aliphatic rings. The Bertz CT molecular complexity index is 444. The molecule has 104 valence electrons. The molecule has 19 heavy (non-hydrogen) atoms. The summed E-state index contributed by atoms with van der Waals surface area (Å²) in [4.78, 5) is 16.2. The number of rotatable bonds is 6. The normalized spacial score (nSPS) is 12.0. The van der Waals surface area contributed by atoms with Gasteiger partial charge in [0.05, 0.1) is 17.6 Å². The predicted octanol–water partition coefficient (Wildman–Crippen LogP) is 1.29. The molecule has 1 atom stereocenters. The highest BCUT2D eigenvalue weighted by Crippen LogP contribution is 2.08. The van der Waals surface area contributed by atoms with E-state index in [4.69, 9.17) is 18.0 Å². The van der Waals surface area contributed by atoms with E-state index >= 15 is 0 Å². The highest BCUT2D eigenvalue weighted by molar-refractivity contribution is 7.80. The molecule has 0 aliphatic carbocycles. The van der Waals surface area contributed by atoms with Crippen LogP contribution in [-0.2, 0) is 4.79 Å². The minimum absolute atomic E-state index is 0.0351. The van der Waals surface area contributed by atoms with Crippen molar-refractivity contribution in [3.8, 4) is 0 Å². The Kier molecular flexibility index (Phi) is 5.69.